The normalized spacial score (nSPS) is 11.6. The van der Waals surface area contributed by atoms with Gasteiger partial charge in [-0.05, 0) is 11.1 Å². The van der Waals surface area contributed by atoms with Crippen LogP contribution in [0.4, 0.5) is 0 Å². The third-order valence-electron chi connectivity index (χ3n) is 1.71. The predicted molar refractivity (Wildman–Crippen MR) is 53.5 cm³/mol. The van der Waals surface area contributed by atoms with Crippen molar-refractivity contribution in [2.75, 3.05) is 7.11 Å². The van der Waals surface area contributed by atoms with Crippen LogP contribution in [0.5, 0.6) is 0 Å². The van der Waals surface area contributed by atoms with E-state index in [9.17, 15) is 8.42 Å². The van der Waals surface area contributed by atoms with E-state index < -0.39 is 10.4 Å². The first-order valence-corrected chi connectivity index (χ1v) is 5.56. The summed E-state index contributed by atoms with van der Waals surface area (Å²) >= 11 is 0. The van der Waals surface area contributed by atoms with Crippen LogP contribution in [0.1, 0.15) is 11.1 Å². The van der Waals surface area contributed by atoms with Gasteiger partial charge < -0.3 is 4.74 Å². The molecule has 6 heteroatoms. The summed E-state index contributed by atoms with van der Waals surface area (Å²) in [7, 11) is -2.77. The number of methoxy groups -OCH3 is 1. The lowest BCUT2D eigenvalue weighted by Gasteiger charge is -2.02. The van der Waals surface area contributed by atoms with Gasteiger partial charge >= 0.3 is 10.4 Å². The molecule has 1 N–H and O–H groups in total. The highest BCUT2D eigenvalue weighted by Crippen LogP contribution is 2.07. The summed E-state index contributed by atoms with van der Waals surface area (Å²) in [4.78, 5) is 0. The summed E-state index contributed by atoms with van der Waals surface area (Å²) in [5, 5.41) is 0. The second-order valence-corrected chi connectivity index (χ2v) is 4.03. The fourth-order valence-electron chi connectivity index (χ4n) is 1.04. The van der Waals surface area contributed by atoms with E-state index in [4.69, 9.17) is 9.29 Å². The molecule has 0 bridgehead atoms. The monoisotopic (exact) mass is 232 g/mol. The highest BCUT2D eigenvalue weighted by Gasteiger charge is 2.04. The molecule has 0 heterocycles. The first-order chi connectivity index (χ1) is 7.01. The summed E-state index contributed by atoms with van der Waals surface area (Å²) in [6, 6.07) is 7.01. The Morgan fingerprint density at radius 3 is 2.00 bits per heavy atom. The highest BCUT2D eigenvalue weighted by molar-refractivity contribution is 7.80. The molecule has 0 aromatic heterocycles. The van der Waals surface area contributed by atoms with Crippen molar-refractivity contribution in [2.24, 2.45) is 0 Å². The van der Waals surface area contributed by atoms with Gasteiger partial charge in [-0.2, -0.15) is 8.42 Å². The Labute approximate surface area is 88.6 Å². The van der Waals surface area contributed by atoms with E-state index in [1.165, 1.54) is 0 Å². The van der Waals surface area contributed by atoms with Gasteiger partial charge in [-0.25, -0.2) is 4.18 Å². The summed E-state index contributed by atoms with van der Waals surface area (Å²) in [6.07, 6.45) is 0. The molecule has 0 atom stereocenters. The van der Waals surface area contributed by atoms with Crippen molar-refractivity contribution in [1.82, 2.24) is 0 Å². The Morgan fingerprint density at radius 2 is 1.60 bits per heavy atom. The predicted octanol–water partition coefficient (Wildman–Crippen LogP) is 1.15. The van der Waals surface area contributed by atoms with Crippen LogP contribution in [0.15, 0.2) is 24.3 Å². The molecule has 0 saturated heterocycles. The van der Waals surface area contributed by atoms with Crippen LogP contribution in [0.2, 0.25) is 0 Å². The van der Waals surface area contributed by atoms with Gasteiger partial charge in [0.05, 0.1) is 13.2 Å². The zero-order valence-corrected chi connectivity index (χ0v) is 9.03. The molecule has 5 nitrogen and oxygen atoms in total. The van der Waals surface area contributed by atoms with Crippen molar-refractivity contribution in [1.29, 1.82) is 0 Å². The summed E-state index contributed by atoms with van der Waals surface area (Å²) in [5.41, 5.74) is 1.64. The fraction of sp³-hybridized carbons (Fsp3) is 0.333. The molecule has 0 aliphatic carbocycles. The third-order valence-corrected chi connectivity index (χ3v) is 2.12. The van der Waals surface area contributed by atoms with Crippen molar-refractivity contribution in [3.05, 3.63) is 35.4 Å². The molecule has 1 aromatic rings. The second kappa shape index (κ2) is 5.22. The van der Waals surface area contributed by atoms with Gasteiger partial charge in [0.15, 0.2) is 0 Å². The third kappa shape index (κ3) is 4.89. The highest BCUT2D eigenvalue weighted by atomic mass is 32.3. The van der Waals surface area contributed by atoms with Crippen LogP contribution in [0.3, 0.4) is 0 Å². The van der Waals surface area contributed by atoms with Gasteiger partial charge in [0.1, 0.15) is 0 Å². The van der Waals surface area contributed by atoms with Crippen LogP contribution in [-0.4, -0.2) is 20.1 Å². The van der Waals surface area contributed by atoms with Gasteiger partial charge in [-0.15, -0.1) is 0 Å². The molecular weight excluding hydrogens is 220 g/mol. The van der Waals surface area contributed by atoms with Crippen molar-refractivity contribution in [2.45, 2.75) is 13.2 Å². The minimum Gasteiger partial charge on any atom is -0.380 e. The van der Waals surface area contributed by atoms with E-state index in [2.05, 4.69) is 4.18 Å². The second-order valence-electron chi connectivity index (χ2n) is 2.94. The molecule has 0 spiro atoms. The van der Waals surface area contributed by atoms with Crippen LogP contribution >= 0.6 is 0 Å². The Balaban J connectivity index is 2.57. The maximum absolute atomic E-state index is 10.3. The molecule has 1 aromatic carbocycles. The average molecular weight is 232 g/mol. The minimum atomic E-state index is -4.37. The summed E-state index contributed by atoms with van der Waals surface area (Å²) in [6.45, 7) is 0.325. The molecule has 0 amide bonds. The van der Waals surface area contributed by atoms with E-state index in [0.717, 1.165) is 5.56 Å². The van der Waals surface area contributed by atoms with E-state index in [-0.39, 0.29) is 6.61 Å². The number of hydrogen-bond donors (Lipinski definition) is 1. The van der Waals surface area contributed by atoms with E-state index in [1.54, 1.807) is 31.4 Å². The topological polar surface area (TPSA) is 72.8 Å². The first-order valence-electron chi connectivity index (χ1n) is 4.20. The Kier molecular flexibility index (Phi) is 4.22. The molecule has 0 unspecified atom stereocenters. The van der Waals surface area contributed by atoms with Crippen molar-refractivity contribution < 1.29 is 21.9 Å². The van der Waals surface area contributed by atoms with Crippen LogP contribution in [-0.2, 0) is 32.5 Å². The lowest BCUT2D eigenvalue weighted by atomic mass is 10.1. The molecule has 0 aliphatic heterocycles. The Bertz CT molecular complexity index is 395. The molecule has 1 rings (SSSR count). The van der Waals surface area contributed by atoms with E-state index in [1.807, 2.05) is 0 Å². The van der Waals surface area contributed by atoms with Gasteiger partial charge in [0.2, 0.25) is 0 Å². The number of hydrogen-bond acceptors (Lipinski definition) is 4. The number of benzene rings is 1. The minimum absolute atomic E-state index is 0.175. The van der Waals surface area contributed by atoms with Gasteiger partial charge in [0, 0.05) is 7.11 Å². The van der Waals surface area contributed by atoms with Gasteiger partial charge in [-0.3, -0.25) is 4.55 Å². The van der Waals surface area contributed by atoms with Crippen molar-refractivity contribution in [3.8, 4) is 0 Å². The lowest BCUT2D eigenvalue weighted by Crippen LogP contribution is -2.03. The largest absolute Gasteiger partial charge is 0.397 e. The molecule has 0 radical (unpaired) electrons. The standard InChI is InChI=1S/C9H12O5S/c1-13-6-8-2-4-9(5-3-8)7-14-15(10,11)12/h2-5H,6-7H2,1H3,(H,10,11,12). The lowest BCUT2D eigenvalue weighted by molar-refractivity contribution is 0.185. The zero-order chi connectivity index (χ0) is 11.3. The number of rotatable bonds is 5. The van der Waals surface area contributed by atoms with Gasteiger partial charge in [0.25, 0.3) is 0 Å². The van der Waals surface area contributed by atoms with Crippen molar-refractivity contribution >= 4 is 10.4 Å². The van der Waals surface area contributed by atoms with E-state index in [0.29, 0.717) is 12.2 Å². The van der Waals surface area contributed by atoms with Gasteiger partial charge in [-0.1, -0.05) is 24.3 Å². The molecule has 0 aliphatic rings. The van der Waals surface area contributed by atoms with Crippen LogP contribution in [0.25, 0.3) is 0 Å². The molecule has 0 saturated carbocycles. The SMILES string of the molecule is COCc1ccc(COS(=O)(=O)O)cc1. The fourth-order valence-corrected chi connectivity index (χ4v) is 1.33. The average Bonchev–Trinajstić information content (AvgIpc) is 2.16. The summed E-state index contributed by atoms with van der Waals surface area (Å²) in [5.74, 6) is 0. The maximum Gasteiger partial charge on any atom is 0.397 e. The molecule has 0 fully saturated rings. The quantitative estimate of drug-likeness (QED) is 0.771. The van der Waals surface area contributed by atoms with Crippen LogP contribution < -0.4 is 0 Å². The Hall–Kier alpha value is -0.950. The molecular formula is C9H12O5S. The molecule has 15 heavy (non-hydrogen) atoms. The Morgan fingerprint density at radius 1 is 1.13 bits per heavy atom. The van der Waals surface area contributed by atoms with E-state index >= 15 is 0 Å². The zero-order valence-electron chi connectivity index (χ0n) is 8.21. The maximum atomic E-state index is 10.3. The summed E-state index contributed by atoms with van der Waals surface area (Å²) < 4.78 is 38.0. The van der Waals surface area contributed by atoms with Crippen molar-refractivity contribution in [3.63, 3.8) is 0 Å². The molecule has 84 valence electrons. The van der Waals surface area contributed by atoms with Crippen LogP contribution in [0, 0.1) is 0 Å². The smallest absolute Gasteiger partial charge is 0.380 e. The first kappa shape index (κ1) is 12.1. The number of ether oxygens (including phenoxy) is 1.